The van der Waals surface area contributed by atoms with Gasteiger partial charge in [-0.1, -0.05) is 0 Å². The maximum atomic E-state index is 5.28. The van der Waals surface area contributed by atoms with Crippen LogP contribution in [0.4, 0.5) is 0 Å². The third-order valence-corrected chi connectivity index (χ3v) is 1.28. The Kier molecular flexibility index (Phi) is 1.35. The minimum absolute atomic E-state index is 0.0984. The topological polar surface area (TPSA) is 9.23 Å². The summed E-state index contributed by atoms with van der Waals surface area (Å²) in [6, 6.07) is 0. The van der Waals surface area contributed by atoms with E-state index in [0.717, 1.165) is 0 Å². The molecule has 0 aromatic heterocycles. The summed E-state index contributed by atoms with van der Waals surface area (Å²) in [5.74, 6) is 0. The molecule has 50 valence electrons. The zero-order valence-corrected chi connectivity index (χ0v) is 6.14. The van der Waals surface area contributed by atoms with Gasteiger partial charge in [-0.15, -0.1) is 0 Å². The van der Waals surface area contributed by atoms with Crippen LogP contribution in [0.25, 0.3) is 0 Å². The molecule has 0 atom stereocenters. The molecule has 1 aliphatic heterocycles. The van der Waals surface area contributed by atoms with Crippen molar-refractivity contribution in [3.8, 4) is 0 Å². The third kappa shape index (κ3) is 1.60. The normalized spacial score (nSPS) is 22.8. The van der Waals surface area contributed by atoms with Crippen LogP contribution < -0.4 is 0 Å². The molecule has 0 aliphatic carbocycles. The molecule has 0 spiro atoms. The van der Waals surface area contributed by atoms with Crippen molar-refractivity contribution in [1.29, 1.82) is 0 Å². The van der Waals surface area contributed by atoms with Crippen LogP contribution in [0, 0.1) is 0 Å². The molecule has 1 aliphatic rings. The van der Waals surface area contributed by atoms with E-state index in [9.17, 15) is 0 Å². The van der Waals surface area contributed by atoms with Gasteiger partial charge >= 0.3 is 0 Å². The standard InChI is InChI=1S/C8H12O/c1-7-4-5-9-8(2,3)6-7/h4-6H,1-3H3. The van der Waals surface area contributed by atoms with Gasteiger partial charge in [0.25, 0.3) is 0 Å². The lowest BCUT2D eigenvalue weighted by Crippen LogP contribution is -2.20. The zero-order valence-electron chi connectivity index (χ0n) is 6.14. The van der Waals surface area contributed by atoms with Gasteiger partial charge in [0.2, 0.25) is 0 Å². The van der Waals surface area contributed by atoms with Crippen LogP contribution in [-0.4, -0.2) is 5.60 Å². The van der Waals surface area contributed by atoms with Crippen LogP contribution >= 0.6 is 0 Å². The number of hydrogen-bond acceptors (Lipinski definition) is 1. The SMILES string of the molecule is CC1=CC(C)(C)OC=C1. The lowest BCUT2D eigenvalue weighted by molar-refractivity contribution is 0.100. The van der Waals surface area contributed by atoms with Gasteiger partial charge in [-0.3, -0.25) is 0 Å². The molecule has 0 N–H and O–H groups in total. The van der Waals surface area contributed by atoms with Crippen molar-refractivity contribution >= 4 is 0 Å². The highest BCUT2D eigenvalue weighted by Gasteiger charge is 2.15. The predicted octanol–water partition coefficient (Wildman–Crippen LogP) is 2.26. The van der Waals surface area contributed by atoms with Crippen LogP contribution in [0.15, 0.2) is 24.0 Å². The Morgan fingerprint density at radius 2 is 2.11 bits per heavy atom. The summed E-state index contributed by atoms with van der Waals surface area (Å²) in [5, 5.41) is 0. The van der Waals surface area contributed by atoms with Gasteiger partial charge in [-0.05, 0) is 38.5 Å². The Morgan fingerprint density at radius 1 is 1.44 bits per heavy atom. The average molecular weight is 124 g/mol. The summed E-state index contributed by atoms with van der Waals surface area (Å²) >= 11 is 0. The molecule has 1 heteroatoms. The summed E-state index contributed by atoms with van der Waals surface area (Å²) in [6.45, 7) is 6.15. The maximum Gasteiger partial charge on any atom is 0.121 e. The summed E-state index contributed by atoms with van der Waals surface area (Å²) in [4.78, 5) is 0. The molecule has 9 heavy (non-hydrogen) atoms. The molecule has 0 bridgehead atoms. The summed E-state index contributed by atoms with van der Waals surface area (Å²) in [5.41, 5.74) is 1.17. The first kappa shape index (κ1) is 6.40. The van der Waals surface area contributed by atoms with Crippen molar-refractivity contribution < 1.29 is 4.74 Å². The zero-order chi connectivity index (χ0) is 6.91. The van der Waals surface area contributed by atoms with Gasteiger partial charge in [0.15, 0.2) is 0 Å². The van der Waals surface area contributed by atoms with E-state index in [-0.39, 0.29) is 5.60 Å². The van der Waals surface area contributed by atoms with Crippen molar-refractivity contribution in [3.05, 3.63) is 24.0 Å². The molecule has 0 saturated heterocycles. The minimum atomic E-state index is -0.0984. The first-order valence-corrected chi connectivity index (χ1v) is 3.14. The highest BCUT2D eigenvalue weighted by Crippen LogP contribution is 2.18. The number of hydrogen-bond donors (Lipinski definition) is 0. The fraction of sp³-hybridized carbons (Fsp3) is 0.500. The van der Waals surface area contributed by atoms with Crippen LogP contribution in [0.5, 0.6) is 0 Å². The summed E-state index contributed by atoms with van der Waals surface area (Å²) in [7, 11) is 0. The van der Waals surface area contributed by atoms with Gasteiger partial charge in [-0.2, -0.15) is 0 Å². The van der Waals surface area contributed by atoms with Crippen LogP contribution in [0.3, 0.4) is 0 Å². The van der Waals surface area contributed by atoms with Crippen molar-refractivity contribution in [2.45, 2.75) is 26.4 Å². The average Bonchev–Trinajstić information content (AvgIpc) is 1.60. The van der Waals surface area contributed by atoms with E-state index in [0.29, 0.717) is 0 Å². The predicted molar refractivity (Wildman–Crippen MR) is 38.1 cm³/mol. The third-order valence-electron chi connectivity index (χ3n) is 1.28. The van der Waals surface area contributed by atoms with Crippen molar-refractivity contribution in [2.75, 3.05) is 0 Å². The monoisotopic (exact) mass is 124 g/mol. The van der Waals surface area contributed by atoms with E-state index in [1.807, 2.05) is 19.9 Å². The Hall–Kier alpha value is -0.720. The Bertz CT molecular complexity index is 163. The Labute approximate surface area is 56.0 Å². The van der Waals surface area contributed by atoms with Gasteiger partial charge < -0.3 is 4.74 Å². The van der Waals surface area contributed by atoms with Gasteiger partial charge in [0.1, 0.15) is 5.60 Å². The Morgan fingerprint density at radius 3 is 2.44 bits per heavy atom. The molecular formula is C8H12O. The van der Waals surface area contributed by atoms with Crippen molar-refractivity contribution in [1.82, 2.24) is 0 Å². The van der Waals surface area contributed by atoms with Gasteiger partial charge in [0.05, 0.1) is 6.26 Å². The molecule has 0 amide bonds. The van der Waals surface area contributed by atoms with E-state index in [2.05, 4.69) is 13.0 Å². The quantitative estimate of drug-likeness (QED) is 0.481. The summed E-state index contributed by atoms with van der Waals surface area (Å²) < 4.78 is 5.28. The van der Waals surface area contributed by atoms with Gasteiger partial charge in [-0.25, -0.2) is 0 Å². The second-order valence-electron chi connectivity index (χ2n) is 2.91. The Balaban J connectivity index is 2.78. The smallest absolute Gasteiger partial charge is 0.121 e. The molecule has 1 rings (SSSR count). The lowest BCUT2D eigenvalue weighted by atomic mass is 10.0. The maximum absolute atomic E-state index is 5.28. The summed E-state index contributed by atoms with van der Waals surface area (Å²) in [6.07, 6.45) is 5.81. The van der Waals surface area contributed by atoms with E-state index in [1.165, 1.54) is 5.57 Å². The van der Waals surface area contributed by atoms with E-state index >= 15 is 0 Å². The fourth-order valence-corrected chi connectivity index (χ4v) is 0.947. The molecule has 0 fully saturated rings. The van der Waals surface area contributed by atoms with Crippen molar-refractivity contribution in [3.63, 3.8) is 0 Å². The molecular weight excluding hydrogens is 112 g/mol. The number of rotatable bonds is 0. The van der Waals surface area contributed by atoms with E-state index in [4.69, 9.17) is 4.74 Å². The van der Waals surface area contributed by atoms with E-state index < -0.39 is 0 Å². The molecule has 0 unspecified atom stereocenters. The first-order valence-electron chi connectivity index (χ1n) is 3.14. The molecule has 0 saturated carbocycles. The second kappa shape index (κ2) is 1.90. The highest BCUT2D eigenvalue weighted by atomic mass is 16.5. The van der Waals surface area contributed by atoms with Crippen LogP contribution in [0.2, 0.25) is 0 Å². The molecule has 0 aromatic carbocycles. The number of ether oxygens (including phenoxy) is 1. The molecule has 0 aromatic rings. The minimum Gasteiger partial charge on any atom is -0.491 e. The van der Waals surface area contributed by atoms with E-state index in [1.54, 1.807) is 6.26 Å². The molecule has 1 heterocycles. The van der Waals surface area contributed by atoms with Crippen LogP contribution in [0.1, 0.15) is 20.8 Å². The highest BCUT2D eigenvalue weighted by molar-refractivity contribution is 5.21. The van der Waals surface area contributed by atoms with Crippen molar-refractivity contribution in [2.24, 2.45) is 0 Å². The molecule has 1 nitrogen and oxygen atoms in total. The molecule has 0 radical (unpaired) electrons. The van der Waals surface area contributed by atoms with Gasteiger partial charge in [0, 0.05) is 0 Å². The van der Waals surface area contributed by atoms with Crippen LogP contribution in [-0.2, 0) is 4.74 Å². The first-order chi connectivity index (χ1) is 4.10. The second-order valence-corrected chi connectivity index (χ2v) is 2.91. The fourth-order valence-electron chi connectivity index (χ4n) is 0.947. The number of allylic oxidation sites excluding steroid dienone is 2. The lowest BCUT2D eigenvalue weighted by Gasteiger charge is -2.23. The largest absolute Gasteiger partial charge is 0.491 e.